The number of benzene rings is 1. The van der Waals surface area contributed by atoms with Crippen LogP contribution < -0.4 is 5.84 Å². The first-order chi connectivity index (χ1) is 11.1. The van der Waals surface area contributed by atoms with Crippen molar-refractivity contribution in [3.63, 3.8) is 0 Å². The number of thioether (sulfide) groups is 1. The fourth-order valence-electron chi connectivity index (χ4n) is 2.46. The topological polar surface area (TPSA) is 56.2 Å². The van der Waals surface area contributed by atoms with Gasteiger partial charge in [0.1, 0.15) is 0 Å². The Hall–Kier alpha value is -1.46. The van der Waals surface area contributed by atoms with E-state index in [1.807, 2.05) is 30.6 Å². The SMILES string of the molecule is CCCC(C)/C(=N/N)SCc1ncn(-c2ccc(Cl)cc2)c1C. The van der Waals surface area contributed by atoms with Crippen LogP contribution in [0, 0.1) is 12.8 Å². The van der Waals surface area contributed by atoms with E-state index in [2.05, 4.69) is 35.4 Å². The van der Waals surface area contributed by atoms with Crippen LogP contribution in [0.2, 0.25) is 5.02 Å². The summed E-state index contributed by atoms with van der Waals surface area (Å²) in [4.78, 5) is 4.54. The molecule has 0 aliphatic carbocycles. The second-order valence-corrected chi connectivity index (χ2v) is 7.00. The zero-order chi connectivity index (χ0) is 16.8. The second kappa shape index (κ2) is 8.41. The van der Waals surface area contributed by atoms with Gasteiger partial charge in [-0.25, -0.2) is 4.98 Å². The predicted molar refractivity (Wildman–Crippen MR) is 100 cm³/mol. The predicted octanol–water partition coefficient (Wildman–Crippen LogP) is 4.78. The molecule has 0 fully saturated rings. The summed E-state index contributed by atoms with van der Waals surface area (Å²) in [6, 6.07) is 7.75. The molecule has 0 saturated heterocycles. The summed E-state index contributed by atoms with van der Waals surface area (Å²) in [6.45, 7) is 6.42. The van der Waals surface area contributed by atoms with Crippen molar-refractivity contribution in [3.05, 3.63) is 47.0 Å². The van der Waals surface area contributed by atoms with E-state index in [4.69, 9.17) is 17.4 Å². The summed E-state index contributed by atoms with van der Waals surface area (Å²) in [6.07, 6.45) is 4.08. The Morgan fingerprint density at radius 1 is 1.39 bits per heavy atom. The highest BCUT2D eigenvalue weighted by molar-refractivity contribution is 8.13. The van der Waals surface area contributed by atoms with Gasteiger partial charge in [0.05, 0.1) is 17.1 Å². The molecule has 1 aromatic heterocycles. The van der Waals surface area contributed by atoms with Crippen LogP contribution in [-0.4, -0.2) is 14.6 Å². The summed E-state index contributed by atoms with van der Waals surface area (Å²) in [5, 5.41) is 5.68. The quantitative estimate of drug-likeness (QED) is 0.353. The van der Waals surface area contributed by atoms with Crippen LogP contribution >= 0.6 is 23.4 Å². The second-order valence-electron chi connectivity index (χ2n) is 5.57. The summed E-state index contributed by atoms with van der Waals surface area (Å²) >= 11 is 7.62. The van der Waals surface area contributed by atoms with Crippen LogP contribution in [0.3, 0.4) is 0 Å². The van der Waals surface area contributed by atoms with Crippen molar-refractivity contribution >= 4 is 28.4 Å². The van der Waals surface area contributed by atoms with Crippen LogP contribution in [0.15, 0.2) is 35.7 Å². The zero-order valence-electron chi connectivity index (χ0n) is 13.8. The molecule has 2 rings (SSSR count). The van der Waals surface area contributed by atoms with Gasteiger partial charge in [-0.05, 0) is 37.6 Å². The van der Waals surface area contributed by atoms with Gasteiger partial charge in [0, 0.05) is 28.1 Å². The van der Waals surface area contributed by atoms with Crippen LogP contribution in [0.5, 0.6) is 0 Å². The van der Waals surface area contributed by atoms with Gasteiger partial charge in [-0.2, -0.15) is 5.10 Å². The Bertz CT molecular complexity index is 664. The Morgan fingerprint density at radius 2 is 2.09 bits per heavy atom. The molecule has 1 unspecified atom stereocenters. The van der Waals surface area contributed by atoms with E-state index in [1.54, 1.807) is 11.8 Å². The Balaban J connectivity index is 2.09. The van der Waals surface area contributed by atoms with E-state index in [1.165, 1.54) is 0 Å². The van der Waals surface area contributed by atoms with Gasteiger partial charge in [0.25, 0.3) is 0 Å². The van der Waals surface area contributed by atoms with Crippen molar-refractivity contribution < 1.29 is 0 Å². The smallest absolute Gasteiger partial charge is 0.0997 e. The zero-order valence-corrected chi connectivity index (χ0v) is 15.4. The summed E-state index contributed by atoms with van der Waals surface area (Å²) in [5.41, 5.74) is 3.23. The lowest BCUT2D eigenvalue weighted by Crippen LogP contribution is -2.10. The van der Waals surface area contributed by atoms with Gasteiger partial charge in [-0.1, -0.05) is 31.9 Å². The molecular weight excluding hydrogens is 328 g/mol. The van der Waals surface area contributed by atoms with E-state index in [9.17, 15) is 0 Å². The van der Waals surface area contributed by atoms with Gasteiger partial charge in [0.15, 0.2) is 0 Å². The maximum absolute atomic E-state index is 5.95. The Kier molecular flexibility index (Phi) is 6.54. The van der Waals surface area contributed by atoms with Gasteiger partial charge in [-0.3, -0.25) is 0 Å². The van der Waals surface area contributed by atoms with Gasteiger partial charge in [0.2, 0.25) is 0 Å². The normalized spacial score (nSPS) is 13.3. The average Bonchev–Trinajstić information content (AvgIpc) is 2.90. The highest BCUT2D eigenvalue weighted by atomic mass is 35.5. The van der Waals surface area contributed by atoms with Gasteiger partial charge >= 0.3 is 0 Å². The van der Waals surface area contributed by atoms with E-state index in [0.717, 1.165) is 45.7 Å². The van der Waals surface area contributed by atoms with E-state index >= 15 is 0 Å². The number of aromatic nitrogens is 2. The lowest BCUT2D eigenvalue weighted by molar-refractivity contribution is 0.672. The third-order valence-corrected chi connectivity index (χ3v) is 5.31. The van der Waals surface area contributed by atoms with E-state index < -0.39 is 0 Å². The molecule has 2 N–H and O–H groups in total. The molecule has 1 aromatic carbocycles. The molecule has 0 bridgehead atoms. The Labute approximate surface area is 147 Å². The highest BCUT2D eigenvalue weighted by Gasteiger charge is 2.14. The first-order valence-electron chi connectivity index (χ1n) is 7.76. The van der Waals surface area contributed by atoms with Crippen molar-refractivity contribution in [1.29, 1.82) is 0 Å². The van der Waals surface area contributed by atoms with Crippen molar-refractivity contribution in [1.82, 2.24) is 9.55 Å². The third kappa shape index (κ3) is 4.52. The number of imidazole rings is 1. The molecule has 23 heavy (non-hydrogen) atoms. The first kappa shape index (κ1) is 17.9. The minimum Gasteiger partial charge on any atom is -0.323 e. The van der Waals surface area contributed by atoms with Crippen molar-refractivity contribution in [2.24, 2.45) is 16.9 Å². The van der Waals surface area contributed by atoms with Crippen LogP contribution in [0.25, 0.3) is 5.69 Å². The minimum atomic E-state index is 0.397. The lowest BCUT2D eigenvalue weighted by atomic mass is 10.1. The minimum absolute atomic E-state index is 0.397. The molecule has 124 valence electrons. The van der Waals surface area contributed by atoms with Crippen LogP contribution in [0.4, 0.5) is 0 Å². The molecule has 0 spiro atoms. The molecule has 0 amide bonds. The number of nitrogens with two attached hydrogens (primary N) is 1. The Morgan fingerprint density at radius 3 is 2.70 bits per heavy atom. The molecule has 6 heteroatoms. The number of halogens is 1. The number of nitrogens with zero attached hydrogens (tertiary/aromatic N) is 3. The summed E-state index contributed by atoms with van der Waals surface area (Å²) in [7, 11) is 0. The van der Waals surface area contributed by atoms with Gasteiger partial charge < -0.3 is 10.4 Å². The number of hydrogen-bond acceptors (Lipinski definition) is 4. The fourth-order valence-corrected chi connectivity index (χ4v) is 3.63. The summed E-state index contributed by atoms with van der Waals surface area (Å²) in [5.74, 6) is 6.72. The standard InChI is InChI=1S/C17H23ClN4S/c1-4-5-12(2)17(21-19)23-10-16-13(3)22(11-20-16)15-8-6-14(18)7-9-15/h6-9,11-12H,4-5,10,19H2,1-3H3/b21-17-. The van der Waals surface area contributed by atoms with Gasteiger partial charge in [-0.15, -0.1) is 11.8 Å². The van der Waals surface area contributed by atoms with Crippen molar-refractivity contribution in [3.8, 4) is 5.69 Å². The molecule has 0 radical (unpaired) electrons. The molecule has 0 aliphatic rings. The molecule has 4 nitrogen and oxygen atoms in total. The van der Waals surface area contributed by atoms with Crippen molar-refractivity contribution in [2.75, 3.05) is 0 Å². The third-order valence-electron chi connectivity index (χ3n) is 3.84. The first-order valence-corrected chi connectivity index (χ1v) is 9.12. The number of rotatable bonds is 6. The monoisotopic (exact) mass is 350 g/mol. The van der Waals surface area contributed by atoms with Crippen LogP contribution in [-0.2, 0) is 5.75 Å². The van der Waals surface area contributed by atoms with E-state index in [-0.39, 0.29) is 0 Å². The average molecular weight is 351 g/mol. The maximum atomic E-state index is 5.95. The molecule has 0 aliphatic heterocycles. The molecule has 0 saturated carbocycles. The molecular formula is C17H23ClN4S. The summed E-state index contributed by atoms with van der Waals surface area (Å²) < 4.78 is 2.07. The molecule has 1 atom stereocenters. The highest BCUT2D eigenvalue weighted by Crippen LogP contribution is 2.24. The molecule has 1 heterocycles. The fraction of sp³-hybridized carbons (Fsp3) is 0.412. The largest absolute Gasteiger partial charge is 0.323 e. The number of hydrazone groups is 1. The van der Waals surface area contributed by atoms with Crippen molar-refractivity contribution in [2.45, 2.75) is 39.4 Å². The molecule has 2 aromatic rings. The lowest BCUT2D eigenvalue weighted by Gasteiger charge is -2.12. The number of hydrogen-bond donors (Lipinski definition) is 1. The van der Waals surface area contributed by atoms with E-state index in [0.29, 0.717) is 5.92 Å². The maximum Gasteiger partial charge on any atom is 0.0997 e. The van der Waals surface area contributed by atoms with Crippen LogP contribution in [0.1, 0.15) is 38.1 Å².